The molecule has 18 heavy (non-hydrogen) atoms. The summed E-state index contributed by atoms with van der Waals surface area (Å²) in [4.78, 5) is 0. The number of hydrogen-bond acceptors (Lipinski definition) is 3. The normalized spacial score (nSPS) is 16.6. The summed E-state index contributed by atoms with van der Waals surface area (Å²) in [6.45, 7) is 3.59. The van der Waals surface area contributed by atoms with Gasteiger partial charge in [-0.1, -0.05) is 12.1 Å². The summed E-state index contributed by atoms with van der Waals surface area (Å²) in [5.41, 5.74) is 1.27. The van der Waals surface area contributed by atoms with E-state index in [9.17, 15) is 0 Å². The Bertz CT molecular complexity index is 363. The van der Waals surface area contributed by atoms with Gasteiger partial charge in [-0.3, -0.25) is 0 Å². The van der Waals surface area contributed by atoms with E-state index in [1.54, 1.807) is 0 Å². The van der Waals surface area contributed by atoms with E-state index in [0.29, 0.717) is 12.1 Å². The summed E-state index contributed by atoms with van der Waals surface area (Å²) in [7, 11) is 1.99. The molecule has 0 aromatic heterocycles. The Morgan fingerprint density at radius 2 is 2.22 bits per heavy atom. The number of nitrogens with one attached hydrogen (secondary N) is 1. The smallest absolute Gasteiger partial charge is 0.120 e. The molecule has 1 aliphatic rings. The first kappa shape index (κ1) is 13.4. The lowest BCUT2D eigenvalue weighted by Gasteiger charge is -2.17. The van der Waals surface area contributed by atoms with Crippen LogP contribution >= 0.6 is 0 Å². The van der Waals surface area contributed by atoms with Crippen LogP contribution in [0.25, 0.3) is 0 Å². The van der Waals surface area contributed by atoms with E-state index in [1.165, 1.54) is 18.4 Å². The molecule has 1 aromatic carbocycles. The highest BCUT2D eigenvalue weighted by Crippen LogP contribution is 2.28. The molecule has 1 aliphatic carbocycles. The fourth-order valence-electron chi connectivity index (χ4n) is 2.01. The quantitative estimate of drug-likeness (QED) is 0.719. The molecule has 3 nitrogen and oxygen atoms in total. The topological polar surface area (TPSA) is 30.5 Å². The molecule has 100 valence electrons. The molecule has 1 aromatic rings. The van der Waals surface area contributed by atoms with E-state index in [1.807, 2.05) is 20.0 Å². The predicted octanol–water partition coefficient (Wildman–Crippen LogP) is 2.91. The van der Waals surface area contributed by atoms with Gasteiger partial charge < -0.3 is 14.8 Å². The largest absolute Gasteiger partial charge is 0.490 e. The van der Waals surface area contributed by atoms with Crippen molar-refractivity contribution < 1.29 is 9.47 Å². The van der Waals surface area contributed by atoms with Gasteiger partial charge >= 0.3 is 0 Å². The van der Waals surface area contributed by atoms with Gasteiger partial charge in [-0.2, -0.15) is 0 Å². The second-order valence-electron chi connectivity index (χ2n) is 4.72. The van der Waals surface area contributed by atoms with Crippen molar-refractivity contribution in [3.05, 3.63) is 29.8 Å². The van der Waals surface area contributed by atoms with E-state index in [2.05, 4.69) is 23.5 Å². The lowest BCUT2D eigenvalue weighted by molar-refractivity contribution is 0.137. The third-order valence-electron chi connectivity index (χ3n) is 3.19. The highest BCUT2D eigenvalue weighted by Gasteiger charge is 2.23. The molecule has 3 heteroatoms. The van der Waals surface area contributed by atoms with Crippen molar-refractivity contribution in [2.24, 2.45) is 0 Å². The van der Waals surface area contributed by atoms with E-state index < -0.39 is 0 Å². The van der Waals surface area contributed by atoms with Gasteiger partial charge in [-0.25, -0.2) is 0 Å². The molecule has 1 saturated carbocycles. The van der Waals surface area contributed by atoms with E-state index >= 15 is 0 Å². The van der Waals surface area contributed by atoms with Crippen LogP contribution in [-0.2, 0) is 4.74 Å². The summed E-state index contributed by atoms with van der Waals surface area (Å²) in [5, 5.41) is 3.34. The zero-order chi connectivity index (χ0) is 12.8. The van der Waals surface area contributed by atoms with Crippen molar-refractivity contribution in [3.8, 4) is 5.75 Å². The Hall–Kier alpha value is -1.06. The minimum atomic E-state index is 0.333. The van der Waals surface area contributed by atoms with Gasteiger partial charge in [0.25, 0.3) is 0 Å². The van der Waals surface area contributed by atoms with Crippen LogP contribution in [0.1, 0.15) is 37.8 Å². The average molecular weight is 249 g/mol. The second-order valence-corrected chi connectivity index (χ2v) is 4.72. The van der Waals surface area contributed by atoms with Crippen molar-refractivity contribution in [3.63, 3.8) is 0 Å². The Kier molecular flexibility index (Phi) is 5.02. The summed E-state index contributed by atoms with van der Waals surface area (Å²) in [6, 6.07) is 8.73. The molecule has 1 fully saturated rings. The van der Waals surface area contributed by atoms with Gasteiger partial charge in [-0.05, 0) is 50.9 Å². The van der Waals surface area contributed by atoms with Gasteiger partial charge in [0.15, 0.2) is 0 Å². The predicted molar refractivity (Wildman–Crippen MR) is 73.0 cm³/mol. The van der Waals surface area contributed by atoms with Crippen molar-refractivity contribution >= 4 is 0 Å². The van der Waals surface area contributed by atoms with E-state index in [0.717, 1.165) is 25.4 Å². The number of benzene rings is 1. The van der Waals surface area contributed by atoms with Crippen LogP contribution in [-0.4, -0.2) is 26.4 Å². The van der Waals surface area contributed by atoms with Crippen LogP contribution in [0, 0.1) is 0 Å². The van der Waals surface area contributed by atoms with Crippen LogP contribution in [0.3, 0.4) is 0 Å². The van der Waals surface area contributed by atoms with Crippen molar-refractivity contribution in [1.82, 2.24) is 5.32 Å². The highest BCUT2D eigenvalue weighted by molar-refractivity contribution is 5.31. The monoisotopic (exact) mass is 249 g/mol. The molecular formula is C15H23NO2. The molecule has 1 atom stereocenters. The SMILES string of the molecule is CCOCCC(NC)c1cccc(OC2CC2)c1. The molecule has 0 radical (unpaired) electrons. The minimum absolute atomic E-state index is 0.333. The third kappa shape index (κ3) is 4.00. The van der Waals surface area contributed by atoms with Gasteiger partial charge in [0.2, 0.25) is 0 Å². The first-order valence-corrected chi connectivity index (χ1v) is 6.85. The Morgan fingerprint density at radius 3 is 2.89 bits per heavy atom. The summed E-state index contributed by atoms with van der Waals surface area (Å²) in [6.07, 6.45) is 3.84. The Morgan fingerprint density at radius 1 is 1.39 bits per heavy atom. The van der Waals surface area contributed by atoms with Crippen LogP contribution in [0.2, 0.25) is 0 Å². The fraction of sp³-hybridized carbons (Fsp3) is 0.600. The summed E-state index contributed by atoms with van der Waals surface area (Å²) < 4.78 is 11.2. The molecular weight excluding hydrogens is 226 g/mol. The molecule has 0 saturated heterocycles. The lowest BCUT2D eigenvalue weighted by atomic mass is 10.0. The lowest BCUT2D eigenvalue weighted by Crippen LogP contribution is -2.18. The van der Waals surface area contributed by atoms with E-state index in [4.69, 9.17) is 9.47 Å². The van der Waals surface area contributed by atoms with Crippen molar-refractivity contribution in [1.29, 1.82) is 0 Å². The molecule has 1 unspecified atom stereocenters. The Balaban J connectivity index is 1.95. The third-order valence-corrected chi connectivity index (χ3v) is 3.19. The number of rotatable bonds is 8. The van der Waals surface area contributed by atoms with Gasteiger partial charge in [-0.15, -0.1) is 0 Å². The van der Waals surface area contributed by atoms with Gasteiger partial charge in [0.05, 0.1) is 6.10 Å². The summed E-state index contributed by atoms with van der Waals surface area (Å²) >= 11 is 0. The van der Waals surface area contributed by atoms with E-state index in [-0.39, 0.29) is 0 Å². The maximum Gasteiger partial charge on any atom is 0.120 e. The first-order valence-electron chi connectivity index (χ1n) is 6.85. The van der Waals surface area contributed by atoms with Gasteiger partial charge in [0.1, 0.15) is 5.75 Å². The van der Waals surface area contributed by atoms with Crippen LogP contribution in [0.4, 0.5) is 0 Å². The molecule has 2 rings (SSSR count). The molecule has 1 N–H and O–H groups in total. The summed E-state index contributed by atoms with van der Waals surface area (Å²) in [5.74, 6) is 0.992. The second kappa shape index (κ2) is 6.76. The molecule has 0 spiro atoms. The van der Waals surface area contributed by atoms with Crippen molar-refractivity contribution in [2.75, 3.05) is 20.3 Å². The first-order chi connectivity index (χ1) is 8.83. The van der Waals surface area contributed by atoms with Crippen molar-refractivity contribution in [2.45, 2.75) is 38.3 Å². The fourth-order valence-corrected chi connectivity index (χ4v) is 2.01. The average Bonchev–Trinajstić information content (AvgIpc) is 3.19. The maximum absolute atomic E-state index is 5.83. The highest BCUT2D eigenvalue weighted by atomic mass is 16.5. The molecule has 0 bridgehead atoms. The Labute approximate surface area is 109 Å². The molecule has 0 amide bonds. The van der Waals surface area contributed by atoms with Crippen LogP contribution in [0.5, 0.6) is 5.75 Å². The van der Waals surface area contributed by atoms with Gasteiger partial charge in [0, 0.05) is 19.3 Å². The van der Waals surface area contributed by atoms with Crippen LogP contribution < -0.4 is 10.1 Å². The zero-order valence-electron chi connectivity index (χ0n) is 11.3. The number of hydrogen-bond donors (Lipinski definition) is 1. The zero-order valence-corrected chi connectivity index (χ0v) is 11.3. The standard InChI is InChI=1S/C15H23NO2/c1-3-17-10-9-15(16-2)12-5-4-6-14(11-12)18-13-7-8-13/h4-6,11,13,15-16H,3,7-10H2,1-2H3. The molecule has 0 heterocycles. The number of ether oxygens (including phenoxy) is 2. The molecule has 0 aliphatic heterocycles. The minimum Gasteiger partial charge on any atom is -0.490 e. The maximum atomic E-state index is 5.83. The van der Waals surface area contributed by atoms with Crippen LogP contribution in [0.15, 0.2) is 24.3 Å².